The van der Waals surface area contributed by atoms with E-state index in [1.165, 1.54) is 0 Å². The van der Waals surface area contributed by atoms with Crippen LogP contribution >= 0.6 is 23.1 Å². The number of aromatic nitrogens is 2. The lowest BCUT2D eigenvalue weighted by atomic mass is 10.4. The van der Waals surface area contributed by atoms with Crippen LogP contribution in [0.25, 0.3) is 0 Å². The molecule has 1 aromatic heterocycles. The summed E-state index contributed by atoms with van der Waals surface area (Å²) in [6.07, 6.45) is -4.49. The van der Waals surface area contributed by atoms with Crippen molar-refractivity contribution in [3.63, 3.8) is 0 Å². The van der Waals surface area contributed by atoms with E-state index < -0.39 is 12.0 Å². The maximum Gasteiger partial charge on any atom is 0.452 e. The molecule has 15 heavy (non-hydrogen) atoms. The SMILES string of the molecule is CC(CCl)N(C)c1nc(C(F)(F)F)ns1. The van der Waals surface area contributed by atoms with Crippen LogP contribution in [0.15, 0.2) is 0 Å². The highest BCUT2D eigenvalue weighted by atomic mass is 35.5. The zero-order valence-electron chi connectivity index (χ0n) is 8.05. The van der Waals surface area contributed by atoms with Crippen LogP contribution in [-0.2, 0) is 6.18 Å². The summed E-state index contributed by atoms with van der Waals surface area (Å²) in [6.45, 7) is 1.79. The van der Waals surface area contributed by atoms with Gasteiger partial charge in [0.2, 0.25) is 11.0 Å². The van der Waals surface area contributed by atoms with Crippen LogP contribution in [0.5, 0.6) is 0 Å². The molecule has 1 unspecified atom stereocenters. The minimum Gasteiger partial charge on any atom is -0.346 e. The fourth-order valence-corrected chi connectivity index (χ4v) is 1.72. The fraction of sp³-hybridized carbons (Fsp3) is 0.714. The van der Waals surface area contributed by atoms with Gasteiger partial charge in [-0.1, -0.05) is 0 Å². The van der Waals surface area contributed by atoms with Gasteiger partial charge in [-0.2, -0.15) is 22.5 Å². The Kier molecular flexibility index (Phi) is 3.77. The standard InChI is InChI=1S/C7H9ClF3N3S/c1-4(3-8)14(2)6-12-5(13-15-6)7(9,10)11/h4H,3H2,1-2H3. The van der Waals surface area contributed by atoms with E-state index in [4.69, 9.17) is 11.6 Å². The number of alkyl halides is 4. The average molecular weight is 260 g/mol. The Balaban J connectivity index is 2.85. The Hall–Kier alpha value is -0.560. The van der Waals surface area contributed by atoms with Crippen LogP contribution in [0, 0.1) is 0 Å². The molecule has 1 heterocycles. The van der Waals surface area contributed by atoms with E-state index in [-0.39, 0.29) is 11.2 Å². The van der Waals surface area contributed by atoms with E-state index in [2.05, 4.69) is 9.36 Å². The first-order valence-electron chi connectivity index (χ1n) is 4.06. The molecule has 1 aromatic rings. The van der Waals surface area contributed by atoms with Gasteiger partial charge < -0.3 is 4.90 Å². The Morgan fingerprint density at radius 2 is 2.13 bits per heavy atom. The van der Waals surface area contributed by atoms with Gasteiger partial charge in [0.25, 0.3) is 0 Å². The molecule has 0 aromatic carbocycles. The summed E-state index contributed by atoms with van der Waals surface area (Å²) in [5, 5.41) is 0.218. The Labute approximate surface area is 94.0 Å². The van der Waals surface area contributed by atoms with Gasteiger partial charge in [-0.15, -0.1) is 11.6 Å². The largest absolute Gasteiger partial charge is 0.452 e. The minimum absolute atomic E-state index is 0.0827. The van der Waals surface area contributed by atoms with Gasteiger partial charge >= 0.3 is 6.18 Å². The van der Waals surface area contributed by atoms with Crippen LogP contribution in [0.3, 0.4) is 0 Å². The average Bonchev–Trinajstić information content (AvgIpc) is 2.63. The normalized spacial score (nSPS) is 14.0. The summed E-state index contributed by atoms with van der Waals surface area (Å²) >= 11 is 6.30. The maximum atomic E-state index is 12.2. The van der Waals surface area contributed by atoms with Crippen molar-refractivity contribution < 1.29 is 13.2 Å². The zero-order chi connectivity index (χ0) is 11.6. The molecule has 8 heteroatoms. The van der Waals surface area contributed by atoms with E-state index in [1.807, 2.05) is 0 Å². The van der Waals surface area contributed by atoms with Crippen molar-refractivity contribution in [2.45, 2.75) is 19.1 Å². The Bertz CT molecular complexity index is 328. The molecule has 0 saturated heterocycles. The first kappa shape index (κ1) is 12.5. The molecule has 1 rings (SSSR count). The summed E-state index contributed by atoms with van der Waals surface area (Å²) in [5.74, 6) is -0.784. The topological polar surface area (TPSA) is 29.0 Å². The van der Waals surface area contributed by atoms with Crippen molar-refractivity contribution >= 4 is 28.3 Å². The minimum atomic E-state index is -4.49. The quantitative estimate of drug-likeness (QED) is 0.782. The molecule has 0 amide bonds. The lowest BCUT2D eigenvalue weighted by Gasteiger charge is -2.21. The van der Waals surface area contributed by atoms with Crippen molar-refractivity contribution in [3.8, 4) is 0 Å². The molecule has 0 saturated carbocycles. The van der Waals surface area contributed by atoms with Gasteiger partial charge in [0.1, 0.15) is 0 Å². The van der Waals surface area contributed by atoms with Gasteiger partial charge in [-0.3, -0.25) is 0 Å². The zero-order valence-corrected chi connectivity index (χ0v) is 9.62. The van der Waals surface area contributed by atoms with Gasteiger partial charge in [0, 0.05) is 30.5 Å². The van der Waals surface area contributed by atoms with Gasteiger partial charge in [0.15, 0.2) is 0 Å². The molecular weight excluding hydrogens is 251 g/mol. The molecular formula is C7H9ClF3N3S. The second-order valence-electron chi connectivity index (χ2n) is 3.01. The molecule has 0 fully saturated rings. The van der Waals surface area contributed by atoms with Crippen molar-refractivity contribution in [3.05, 3.63) is 5.82 Å². The van der Waals surface area contributed by atoms with E-state index in [0.29, 0.717) is 17.4 Å². The Morgan fingerprint density at radius 1 is 1.53 bits per heavy atom. The Morgan fingerprint density at radius 3 is 2.53 bits per heavy atom. The van der Waals surface area contributed by atoms with E-state index in [1.54, 1.807) is 18.9 Å². The van der Waals surface area contributed by atoms with Crippen LogP contribution in [0.1, 0.15) is 12.7 Å². The third-order valence-corrected chi connectivity index (χ3v) is 3.11. The van der Waals surface area contributed by atoms with Gasteiger partial charge in [-0.25, -0.2) is 0 Å². The van der Waals surface area contributed by atoms with E-state index >= 15 is 0 Å². The highest BCUT2D eigenvalue weighted by molar-refractivity contribution is 7.09. The molecule has 0 bridgehead atoms. The highest BCUT2D eigenvalue weighted by Gasteiger charge is 2.36. The van der Waals surface area contributed by atoms with Crippen LogP contribution in [-0.4, -0.2) is 28.3 Å². The summed E-state index contributed by atoms with van der Waals surface area (Å²) in [6, 6.07) is -0.0827. The number of hydrogen-bond donors (Lipinski definition) is 0. The summed E-state index contributed by atoms with van der Waals surface area (Å²) in [5.41, 5.74) is 0. The molecule has 1 atom stereocenters. The number of hydrogen-bond acceptors (Lipinski definition) is 4. The number of halogens is 4. The highest BCUT2D eigenvalue weighted by Crippen LogP contribution is 2.30. The predicted octanol–water partition coefficient (Wildman–Crippen LogP) is 2.62. The smallest absolute Gasteiger partial charge is 0.346 e. The lowest BCUT2D eigenvalue weighted by Crippen LogP contribution is -2.30. The number of anilines is 1. The second-order valence-corrected chi connectivity index (χ2v) is 4.05. The monoisotopic (exact) mass is 259 g/mol. The lowest BCUT2D eigenvalue weighted by molar-refractivity contribution is -0.144. The molecule has 3 nitrogen and oxygen atoms in total. The van der Waals surface area contributed by atoms with Crippen molar-refractivity contribution in [2.75, 3.05) is 17.8 Å². The molecule has 0 aliphatic rings. The first-order valence-corrected chi connectivity index (χ1v) is 5.36. The first-order chi connectivity index (χ1) is 6.86. The second kappa shape index (κ2) is 4.52. The van der Waals surface area contributed by atoms with Gasteiger partial charge in [-0.05, 0) is 6.92 Å². The van der Waals surface area contributed by atoms with Crippen LogP contribution < -0.4 is 4.90 Å². The summed E-state index contributed by atoms with van der Waals surface area (Å²) in [7, 11) is 1.63. The summed E-state index contributed by atoms with van der Waals surface area (Å²) < 4.78 is 39.8. The molecule has 0 aliphatic carbocycles. The van der Waals surface area contributed by atoms with Gasteiger partial charge in [0.05, 0.1) is 0 Å². The van der Waals surface area contributed by atoms with Crippen LogP contribution in [0.2, 0.25) is 0 Å². The molecule has 0 aliphatic heterocycles. The predicted molar refractivity (Wildman–Crippen MR) is 53.5 cm³/mol. The molecule has 86 valence electrons. The van der Waals surface area contributed by atoms with E-state index in [0.717, 1.165) is 0 Å². The fourth-order valence-electron chi connectivity index (χ4n) is 0.766. The van der Waals surface area contributed by atoms with Crippen molar-refractivity contribution in [1.29, 1.82) is 0 Å². The van der Waals surface area contributed by atoms with Crippen molar-refractivity contribution in [2.24, 2.45) is 0 Å². The summed E-state index contributed by atoms with van der Waals surface area (Å²) in [4.78, 5) is 4.97. The third-order valence-electron chi connectivity index (χ3n) is 1.86. The van der Waals surface area contributed by atoms with Crippen LogP contribution in [0.4, 0.5) is 18.3 Å². The van der Waals surface area contributed by atoms with E-state index in [9.17, 15) is 13.2 Å². The third kappa shape index (κ3) is 2.94. The maximum absolute atomic E-state index is 12.2. The van der Waals surface area contributed by atoms with Crippen molar-refractivity contribution in [1.82, 2.24) is 9.36 Å². The molecule has 0 spiro atoms. The number of nitrogens with zero attached hydrogens (tertiary/aromatic N) is 3. The number of rotatable bonds is 3. The molecule has 0 radical (unpaired) electrons. The molecule has 0 N–H and O–H groups in total.